The van der Waals surface area contributed by atoms with E-state index in [1.807, 2.05) is 0 Å². The van der Waals surface area contributed by atoms with E-state index in [-0.39, 0.29) is 24.6 Å². The second-order valence-corrected chi connectivity index (χ2v) is 3.29. The largest absolute Gasteiger partial charge is 0.497 e. The van der Waals surface area contributed by atoms with Gasteiger partial charge in [-0.15, -0.1) is 0 Å². The molecule has 0 aromatic heterocycles. The van der Waals surface area contributed by atoms with Gasteiger partial charge in [-0.3, -0.25) is 9.59 Å². The van der Waals surface area contributed by atoms with Crippen molar-refractivity contribution in [2.24, 2.45) is 0 Å². The van der Waals surface area contributed by atoms with Crippen molar-refractivity contribution in [3.63, 3.8) is 0 Å². The number of benzene rings is 1. The quantitative estimate of drug-likeness (QED) is 0.648. The molecule has 1 aromatic carbocycles. The van der Waals surface area contributed by atoms with Crippen molar-refractivity contribution in [3.8, 4) is 11.5 Å². The van der Waals surface area contributed by atoms with Gasteiger partial charge in [-0.05, 0) is 12.1 Å². The summed E-state index contributed by atoms with van der Waals surface area (Å²) in [6.07, 6.45) is -0.0840. The number of ketones is 2. The SMILES string of the molecule is COc1ccc2c(c1)OCC(=O)CC2=O. The van der Waals surface area contributed by atoms with Crippen molar-refractivity contribution in [1.29, 1.82) is 0 Å². The van der Waals surface area contributed by atoms with Gasteiger partial charge in [0, 0.05) is 6.07 Å². The maximum Gasteiger partial charge on any atom is 0.177 e. The van der Waals surface area contributed by atoms with Gasteiger partial charge in [0.15, 0.2) is 11.6 Å². The summed E-state index contributed by atoms with van der Waals surface area (Å²) in [6, 6.07) is 4.91. The zero-order valence-electron chi connectivity index (χ0n) is 8.28. The van der Waals surface area contributed by atoms with Crippen LogP contribution in [0.25, 0.3) is 0 Å². The fourth-order valence-corrected chi connectivity index (χ4v) is 1.46. The molecule has 4 heteroatoms. The Morgan fingerprint density at radius 3 is 2.87 bits per heavy atom. The van der Waals surface area contributed by atoms with E-state index >= 15 is 0 Å². The molecular weight excluding hydrogens is 196 g/mol. The summed E-state index contributed by atoms with van der Waals surface area (Å²) in [7, 11) is 1.53. The Balaban J connectivity index is 2.44. The van der Waals surface area contributed by atoms with Gasteiger partial charge in [-0.25, -0.2) is 0 Å². The minimum Gasteiger partial charge on any atom is -0.497 e. The summed E-state index contributed by atoms with van der Waals surface area (Å²) >= 11 is 0. The summed E-state index contributed by atoms with van der Waals surface area (Å²) in [5.41, 5.74) is 0.446. The third-order valence-electron chi connectivity index (χ3n) is 2.24. The molecule has 0 saturated heterocycles. The molecule has 1 aliphatic rings. The lowest BCUT2D eigenvalue weighted by Crippen LogP contribution is -2.10. The average Bonchev–Trinajstić information content (AvgIpc) is 2.38. The highest BCUT2D eigenvalue weighted by atomic mass is 16.5. The molecule has 0 saturated carbocycles. The first-order chi connectivity index (χ1) is 7.20. The van der Waals surface area contributed by atoms with Crippen LogP contribution in [0.1, 0.15) is 16.8 Å². The van der Waals surface area contributed by atoms with E-state index in [4.69, 9.17) is 9.47 Å². The summed E-state index contributed by atoms with van der Waals surface area (Å²) < 4.78 is 10.2. The number of Topliss-reactive ketones (excluding diaryl/α,β-unsaturated/α-hetero) is 2. The first kappa shape index (κ1) is 9.71. The zero-order valence-corrected chi connectivity index (χ0v) is 8.28. The minimum atomic E-state index is -0.199. The third-order valence-corrected chi connectivity index (χ3v) is 2.24. The molecule has 1 aliphatic heterocycles. The highest BCUT2D eigenvalue weighted by Gasteiger charge is 2.21. The van der Waals surface area contributed by atoms with Gasteiger partial charge < -0.3 is 9.47 Å². The Kier molecular flexibility index (Phi) is 2.41. The van der Waals surface area contributed by atoms with Crippen molar-refractivity contribution in [1.82, 2.24) is 0 Å². The Hall–Kier alpha value is -1.84. The molecule has 78 valence electrons. The van der Waals surface area contributed by atoms with Crippen molar-refractivity contribution in [2.75, 3.05) is 13.7 Å². The highest BCUT2D eigenvalue weighted by Crippen LogP contribution is 2.27. The van der Waals surface area contributed by atoms with Crippen molar-refractivity contribution >= 4 is 11.6 Å². The van der Waals surface area contributed by atoms with Crippen LogP contribution in [0, 0.1) is 0 Å². The van der Waals surface area contributed by atoms with Crippen molar-refractivity contribution in [3.05, 3.63) is 23.8 Å². The Morgan fingerprint density at radius 1 is 1.33 bits per heavy atom. The zero-order chi connectivity index (χ0) is 10.8. The Morgan fingerprint density at radius 2 is 2.13 bits per heavy atom. The first-order valence-corrected chi connectivity index (χ1v) is 4.56. The van der Waals surface area contributed by atoms with Gasteiger partial charge in [0.2, 0.25) is 0 Å². The number of ether oxygens (including phenoxy) is 2. The summed E-state index contributed by atoms with van der Waals surface area (Å²) in [5.74, 6) is 0.631. The van der Waals surface area contributed by atoms with E-state index in [0.29, 0.717) is 17.1 Å². The van der Waals surface area contributed by atoms with E-state index in [9.17, 15) is 9.59 Å². The molecule has 0 amide bonds. The lowest BCUT2D eigenvalue weighted by molar-refractivity contribution is -0.119. The number of carbonyl (C=O) groups excluding carboxylic acids is 2. The fraction of sp³-hybridized carbons (Fsp3) is 0.273. The minimum absolute atomic E-state index is 0.0497. The molecule has 0 spiro atoms. The maximum atomic E-state index is 11.6. The Labute approximate surface area is 86.8 Å². The van der Waals surface area contributed by atoms with Crippen molar-refractivity contribution in [2.45, 2.75) is 6.42 Å². The van der Waals surface area contributed by atoms with Crippen LogP contribution in [0.4, 0.5) is 0 Å². The van der Waals surface area contributed by atoms with Crippen LogP contribution in [0.3, 0.4) is 0 Å². The van der Waals surface area contributed by atoms with Gasteiger partial charge in [0.1, 0.15) is 18.1 Å². The predicted octanol–water partition coefficient (Wildman–Crippen LogP) is 1.23. The monoisotopic (exact) mass is 206 g/mol. The van der Waals surface area contributed by atoms with E-state index < -0.39 is 0 Å². The van der Waals surface area contributed by atoms with Crippen LogP contribution >= 0.6 is 0 Å². The number of carbonyl (C=O) groups is 2. The molecule has 0 fully saturated rings. The molecule has 4 nitrogen and oxygen atoms in total. The second kappa shape index (κ2) is 3.73. The predicted molar refractivity (Wildman–Crippen MR) is 52.4 cm³/mol. The molecule has 1 aromatic rings. The van der Waals surface area contributed by atoms with Crippen LogP contribution in [0.5, 0.6) is 11.5 Å². The standard InChI is InChI=1S/C11H10O4/c1-14-8-2-3-9-10(13)4-7(12)6-15-11(9)5-8/h2-3,5H,4,6H2,1H3. The maximum absolute atomic E-state index is 11.6. The average molecular weight is 206 g/mol. The normalized spacial score (nSPS) is 15.3. The molecule has 0 atom stereocenters. The van der Waals surface area contributed by atoms with E-state index in [1.54, 1.807) is 18.2 Å². The molecule has 0 unspecified atom stereocenters. The highest BCUT2D eigenvalue weighted by molar-refractivity contribution is 6.10. The topological polar surface area (TPSA) is 52.6 Å². The van der Waals surface area contributed by atoms with Crippen LogP contribution in [-0.2, 0) is 4.79 Å². The molecule has 0 aliphatic carbocycles. The summed E-state index contributed by atoms with van der Waals surface area (Å²) in [5, 5.41) is 0. The lowest BCUT2D eigenvalue weighted by atomic mass is 10.1. The summed E-state index contributed by atoms with van der Waals surface area (Å²) in [6.45, 7) is -0.0497. The van der Waals surface area contributed by atoms with E-state index in [2.05, 4.69) is 0 Å². The number of rotatable bonds is 1. The first-order valence-electron chi connectivity index (χ1n) is 4.56. The number of methoxy groups -OCH3 is 1. The van der Waals surface area contributed by atoms with Crippen molar-refractivity contribution < 1.29 is 19.1 Å². The van der Waals surface area contributed by atoms with Gasteiger partial charge in [-0.1, -0.05) is 0 Å². The van der Waals surface area contributed by atoms with Gasteiger partial charge in [0.25, 0.3) is 0 Å². The van der Waals surface area contributed by atoms with E-state index in [0.717, 1.165) is 0 Å². The molecular formula is C11H10O4. The number of fused-ring (bicyclic) bond motifs is 1. The van der Waals surface area contributed by atoms with Crippen LogP contribution in [0.2, 0.25) is 0 Å². The van der Waals surface area contributed by atoms with Gasteiger partial charge in [-0.2, -0.15) is 0 Å². The third kappa shape index (κ3) is 1.83. The molecule has 1 heterocycles. The second-order valence-electron chi connectivity index (χ2n) is 3.29. The van der Waals surface area contributed by atoms with Gasteiger partial charge >= 0.3 is 0 Å². The molecule has 0 N–H and O–H groups in total. The smallest absolute Gasteiger partial charge is 0.177 e. The molecule has 15 heavy (non-hydrogen) atoms. The number of hydrogen-bond acceptors (Lipinski definition) is 4. The fourth-order valence-electron chi connectivity index (χ4n) is 1.46. The van der Waals surface area contributed by atoms with Crippen LogP contribution in [0.15, 0.2) is 18.2 Å². The summed E-state index contributed by atoms with van der Waals surface area (Å²) in [4.78, 5) is 22.7. The molecule has 0 bridgehead atoms. The van der Waals surface area contributed by atoms with E-state index in [1.165, 1.54) is 7.11 Å². The Bertz CT molecular complexity index is 423. The van der Waals surface area contributed by atoms with Crippen LogP contribution in [-0.4, -0.2) is 25.3 Å². The molecule has 0 radical (unpaired) electrons. The van der Waals surface area contributed by atoms with Crippen LogP contribution < -0.4 is 9.47 Å². The lowest BCUT2D eigenvalue weighted by Gasteiger charge is -2.07. The van der Waals surface area contributed by atoms with Gasteiger partial charge in [0.05, 0.1) is 19.1 Å². The number of hydrogen-bond donors (Lipinski definition) is 0. The molecule has 2 rings (SSSR count).